The van der Waals surface area contributed by atoms with Crippen LogP contribution >= 0.6 is 0 Å². The van der Waals surface area contributed by atoms with E-state index in [-0.39, 0.29) is 17.9 Å². The first-order chi connectivity index (χ1) is 8.95. The Morgan fingerprint density at radius 2 is 1.84 bits per heavy atom. The maximum atomic E-state index is 13.3. The molecule has 0 saturated carbocycles. The maximum absolute atomic E-state index is 13.3. The van der Waals surface area contributed by atoms with E-state index in [4.69, 9.17) is 4.18 Å². The molecular weight excluding hydrogens is 267 g/mol. The van der Waals surface area contributed by atoms with Crippen LogP contribution in [0.1, 0.15) is 38.2 Å². The van der Waals surface area contributed by atoms with Crippen LogP contribution in [-0.4, -0.2) is 21.2 Å². The maximum Gasteiger partial charge on any atom is 0.296 e. The van der Waals surface area contributed by atoms with Gasteiger partial charge in [0, 0.05) is 6.42 Å². The molecule has 5 heteroatoms. The third-order valence-electron chi connectivity index (χ3n) is 2.85. The van der Waals surface area contributed by atoms with Gasteiger partial charge in [-0.2, -0.15) is 8.42 Å². The van der Waals surface area contributed by atoms with E-state index in [1.807, 2.05) is 13.8 Å². The highest BCUT2D eigenvalue weighted by Gasteiger charge is 2.16. The van der Waals surface area contributed by atoms with Crippen LogP contribution in [0.5, 0.6) is 0 Å². The molecule has 0 aliphatic rings. The summed E-state index contributed by atoms with van der Waals surface area (Å²) in [6, 6.07) is 6.40. The fourth-order valence-corrected chi connectivity index (χ4v) is 2.55. The minimum absolute atomic E-state index is 0.110. The molecule has 0 aromatic heterocycles. The molecule has 0 saturated heterocycles. The van der Waals surface area contributed by atoms with Crippen molar-refractivity contribution >= 4 is 10.1 Å². The van der Waals surface area contributed by atoms with Gasteiger partial charge in [-0.25, -0.2) is 4.39 Å². The molecule has 1 unspecified atom stereocenters. The summed E-state index contributed by atoms with van der Waals surface area (Å²) >= 11 is 0. The Morgan fingerprint density at radius 1 is 1.21 bits per heavy atom. The summed E-state index contributed by atoms with van der Waals surface area (Å²) in [5, 5.41) is 0. The van der Waals surface area contributed by atoms with Crippen LogP contribution in [0, 0.1) is 6.92 Å². The molecule has 19 heavy (non-hydrogen) atoms. The normalized spacial score (nSPS) is 13.4. The van der Waals surface area contributed by atoms with Crippen molar-refractivity contribution in [3.8, 4) is 0 Å². The average molecular weight is 288 g/mol. The number of aryl methyl sites for hydroxylation is 1. The molecule has 0 heterocycles. The number of unbranched alkanes of at least 4 members (excludes halogenated alkanes) is 1. The number of halogens is 1. The van der Waals surface area contributed by atoms with Crippen molar-refractivity contribution in [2.75, 3.05) is 6.61 Å². The molecule has 0 radical (unpaired) electrons. The molecule has 0 N–H and O–H groups in total. The Balaban J connectivity index is 2.45. The van der Waals surface area contributed by atoms with Gasteiger partial charge in [0.05, 0.1) is 11.5 Å². The predicted molar refractivity (Wildman–Crippen MR) is 73.4 cm³/mol. The van der Waals surface area contributed by atoms with Gasteiger partial charge in [-0.05, 0) is 25.5 Å². The van der Waals surface area contributed by atoms with Gasteiger partial charge in [-0.1, -0.05) is 37.5 Å². The van der Waals surface area contributed by atoms with Gasteiger partial charge in [0.2, 0.25) is 0 Å². The summed E-state index contributed by atoms with van der Waals surface area (Å²) in [6.45, 7) is 3.75. The van der Waals surface area contributed by atoms with E-state index in [9.17, 15) is 12.8 Å². The van der Waals surface area contributed by atoms with Gasteiger partial charge in [-0.3, -0.25) is 4.18 Å². The molecule has 0 fully saturated rings. The van der Waals surface area contributed by atoms with Gasteiger partial charge >= 0.3 is 0 Å². The topological polar surface area (TPSA) is 43.4 Å². The smallest absolute Gasteiger partial charge is 0.266 e. The third-order valence-corrected chi connectivity index (χ3v) is 4.18. The Morgan fingerprint density at radius 3 is 2.42 bits per heavy atom. The largest absolute Gasteiger partial charge is 0.296 e. The van der Waals surface area contributed by atoms with Crippen LogP contribution in [0.2, 0.25) is 0 Å². The lowest BCUT2D eigenvalue weighted by Gasteiger charge is -2.08. The standard InChI is InChI=1S/C14H21FO3S/c1-3-4-5-13(15)10-11-18-19(16,17)14-8-6-12(2)7-9-14/h6-9,13H,3-5,10-11H2,1-2H3. The molecule has 3 nitrogen and oxygen atoms in total. The highest BCUT2D eigenvalue weighted by Crippen LogP contribution is 2.15. The van der Waals surface area contributed by atoms with Crippen molar-refractivity contribution in [3.05, 3.63) is 29.8 Å². The molecule has 1 atom stereocenters. The molecule has 0 amide bonds. The van der Waals surface area contributed by atoms with Gasteiger partial charge in [0.25, 0.3) is 10.1 Å². The molecule has 0 bridgehead atoms. The summed E-state index contributed by atoms with van der Waals surface area (Å²) in [5.41, 5.74) is 0.974. The lowest BCUT2D eigenvalue weighted by atomic mass is 10.1. The van der Waals surface area contributed by atoms with Crippen LogP contribution in [0.3, 0.4) is 0 Å². The van der Waals surface area contributed by atoms with E-state index in [1.54, 1.807) is 12.1 Å². The zero-order chi connectivity index (χ0) is 14.3. The molecule has 1 rings (SSSR count). The third kappa shape index (κ3) is 5.70. The van der Waals surface area contributed by atoms with Crippen molar-refractivity contribution in [1.82, 2.24) is 0 Å². The summed E-state index contributed by atoms with van der Waals surface area (Å²) in [7, 11) is -3.76. The molecule has 0 aliphatic carbocycles. The summed E-state index contributed by atoms with van der Waals surface area (Å²) in [6.07, 6.45) is 1.33. The van der Waals surface area contributed by atoms with E-state index in [1.165, 1.54) is 12.1 Å². The van der Waals surface area contributed by atoms with E-state index in [0.717, 1.165) is 18.4 Å². The highest BCUT2D eigenvalue weighted by atomic mass is 32.2. The van der Waals surface area contributed by atoms with Crippen molar-refractivity contribution in [1.29, 1.82) is 0 Å². The first kappa shape index (κ1) is 16.1. The van der Waals surface area contributed by atoms with E-state index >= 15 is 0 Å². The second-order valence-corrected chi connectivity index (χ2v) is 6.23. The summed E-state index contributed by atoms with van der Waals surface area (Å²) < 4.78 is 41.8. The van der Waals surface area contributed by atoms with Gasteiger partial charge in [0.1, 0.15) is 6.17 Å². The predicted octanol–water partition coefficient (Wildman–Crippen LogP) is 3.62. The molecular formula is C14H21FO3S. The molecule has 0 spiro atoms. The van der Waals surface area contributed by atoms with Crippen molar-refractivity contribution in [3.63, 3.8) is 0 Å². The molecule has 108 valence electrons. The number of hydrogen-bond acceptors (Lipinski definition) is 3. The van der Waals surface area contributed by atoms with Crippen LogP contribution in [0.4, 0.5) is 4.39 Å². The fraction of sp³-hybridized carbons (Fsp3) is 0.571. The lowest BCUT2D eigenvalue weighted by molar-refractivity contribution is 0.227. The summed E-state index contributed by atoms with van der Waals surface area (Å²) in [4.78, 5) is 0.113. The number of alkyl halides is 1. The number of hydrogen-bond donors (Lipinski definition) is 0. The quantitative estimate of drug-likeness (QED) is 0.686. The van der Waals surface area contributed by atoms with Crippen LogP contribution in [0.15, 0.2) is 29.2 Å². The lowest BCUT2D eigenvalue weighted by Crippen LogP contribution is -2.11. The Hall–Kier alpha value is -0.940. The molecule has 0 aliphatic heterocycles. The Bertz CT molecular complexity index is 468. The van der Waals surface area contributed by atoms with E-state index in [2.05, 4.69) is 0 Å². The van der Waals surface area contributed by atoms with E-state index in [0.29, 0.717) is 6.42 Å². The van der Waals surface area contributed by atoms with Gasteiger partial charge < -0.3 is 0 Å². The molecule has 1 aromatic carbocycles. The van der Waals surface area contributed by atoms with Crippen molar-refractivity contribution in [2.45, 2.75) is 50.6 Å². The summed E-state index contributed by atoms with van der Waals surface area (Å²) in [5.74, 6) is 0. The number of benzene rings is 1. The first-order valence-electron chi connectivity index (χ1n) is 6.56. The first-order valence-corrected chi connectivity index (χ1v) is 7.96. The zero-order valence-corrected chi connectivity index (χ0v) is 12.2. The van der Waals surface area contributed by atoms with E-state index < -0.39 is 16.3 Å². The minimum atomic E-state index is -3.76. The SMILES string of the molecule is CCCCC(F)CCOS(=O)(=O)c1ccc(C)cc1. The van der Waals surface area contributed by atoms with Gasteiger partial charge in [0.15, 0.2) is 0 Å². The second-order valence-electron chi connectivity index (χ2n) is 4.62. The van der Waals surface area contributed by atoms with Gasteiger partial charge in [-0.15, -0.1) is 0 Å². The molecule has 1 aromatic rings. The highest BCUT2D eigenvalue weighted by molar-refractivity contribution is 7.86. The number of rotatable bonds is 8. The van der Waals surface area contributed by atoms with Crippen LogP contribution in [-0.2, 0) is 14.3 Å². The Kier molecular flexibility index (Phi) is 6.45. The zero-order valence-electron chi connectivity index (χ0n) is 11.4. The van der Waals surface area contributed by atoms with Crippen LogP contribution in [0.25, 0.3) is 0 Å². The fourth-order valence-electron chi connectivity index (χ4n) is 1.63. The Labute approximate surface area is 114 Å². The van der Waals surface area contributed by atoms with Crippen LogP contribution < -0.4 is 0 Å². The second kappa shape index (κ2) is 7.60. The monoisotopic (exact) mass is 288 g/mol. The average Bonchev–Trinajstić information content (AvgIpc) is 2.36. The minimum Gasteiger partial charge on any atom is -0.266 e. The van der Waals surface area contributed by atoms with Crippen molar-refractivity contribution < 1.29 is 17.0 Å². The van der Waals surface area contributed by atoms with Crippen molar-refractivity contribution in [2.24, 2.45) is 0 Å².